The summed E-state index contributed by atoms with van der Waals surface area (Å²) in [7, 11) is 1.60. The first kappa shape index (κ1) is 19.0. The van der Waals surface area contributed by atoms with E-state index in [4.69, 9.17) is 16.3 Å². The lowest BCUT2D eigenvalue weighted by molar-refractivity contribution is -0.112. The summed E-state index contributed by atoms with van der Waals surface area (Å²) in [6, 6.07) is 12.5. The molecule has 0 saturated carbocycles. The number of amides is 1. The molecule has 0 unspecified atom stereocenters. The Morgan fingerprint density at radius 2 is 1.92 bits per heavy atom. The summed E-state index contributed by atoms with van der Waals surface area (Å²) >= 11 is 10.3. The van der Waals surface area contributed by atoms with Crippen molar-refractivity contribution in [1.29, 1.82) is 5.26 Å². The van der Waals surface area contributed by atoms with Crippen LogP contribution in [0.1, 0.15) is 5.56 Å². The van der Waals surface area contributed by atoms with Crippen molar-refractivity contribution in [2.45, 2.75) is 0 Å². The highest BCUT2D eigenvalue weighted by Crippen LogP contribution is 2.29. The molecule has 0 radical (unpaired) electrons. The second-order valence-corrected chi connectivity index (χ2v) is 7.35. The topological polar surface area (TPSA) is 62.1 Å². The van der Waals surface area contributed by atoms with E-state index in [1.807, 2.05) is 18.2 Å². The molecule has 2 aromatic carbocycles. The van der Waals surface area contributed by atoms with E-state index in [1.54, 1.807) is 31.4 Å². The van der Waals surface area contributed by atoms with Gasteiger partial charge >= 0.3 is 0 Å². The SMILES string of the molecule is COc1c(I)cc(/C=C(\C#N)C(=O)Nc2ccccc2Cl)cc1I. The lowest BCUT2D eigenvalue weighted by atomic mass is 10.1. The van der Waals surface area contributed by atoms with E-state index < -0.39 is 5.91 Å². The quantitative estimate of drug-likeness (QED) is 0.319. The average molecular weight is 565 g/mol. The van der Waals surface area contributed by atoms with E-state index >= 15 is 0 Å². The molecular weight excluding hydrogens is 553 g/mol. The number of carbonyl (C=O) groups excluding carboxylic acids is 1. The molecule has 0 aliphatic rings. The van der Waals surface area contributed by atoms with Gasteiger partial charge in [-0.1, -0.05) is 23.7 Å². The van der Waals surface area contributed by atoms with Gasteiger partial charge in [-0.05, 0) is 81.1 Å². The summed E-state index contributed by atoms with van der Waals surface area (Å²) in [5.74, 6) is 0.263. The zero-order valence-electron chi connectivity index (χ0n) is 12.4. The summed E-state index contributed by atoms with van der Waals surface area (Å²) in [6.07, 6.45) is 1.54. The Bertz CT molecular complexity index is 837. The number of methoxy groups -OCH3 is 1. The normalized spacial score (nSPS) is 10.9. The van der Waals surface area contributed by atoms with Crippen molar-refractivity contribution in [2.75, 3.05) is 12.4 Å². The van der Waals surface area contributed by atoms with Gasteiger partial charge in [0.2, 0.25) is 0 Å². The van der Waals surface area contributed by atoms with Crippen LogP contribution in [0.4, 0.5) is 5.69 Å². The van der Waals surface area contributed by atoms with Crippen molar-refractivity contribution in [2.24, 2.45) is 0 Å². The summed E-state index contributed by atoms with van der Waals surface area (Å²) < 4.78 is 7.11. The highest BCUT2D eigenvalue weighted by atomic mass is 127. The fourth-order valence-electron chi connectivity index (χ4n) is 1.93. The van der Waals surface area contributed by atoms with Crippen molar-refractivity contribution in [3.8, 4) is 11.8 Å². The molecule has 0 spiro atoms. The molecular formula is C17H11ClI2N2O2. The van der Waals surface area contributed by atoms with Gasteiger partial charge in [-0.2, -0.15) is 5.26 Å². The number of hydrogen-bond acceptors (Lipinski definition) is 3. The third kappa shape index (κ3) is 4.62. The van der Waals surface area contributed by atoms with E-state index in [0.717, 1.165) is 18.5 Å². The maximum Gasteiger partial charge on any atom is 0.266 e. The fraction of sp³-hybridized carbons (Fsp3) is 0.0588. The lowest BCUT2D eigenvalue weighted by Gasteiger charge is -2.08. The minimum Gasteiger partial charge on any atom is -0.495 e. The van der Waals surface area contributed by atoms with Crippen molar-refractivity contribution in [1.82, 2.24) is 0 Å². The van der Waals surface area contributed by atoms with Gasteiger partial charge in [0.25, 0.3) is 5.91 Å². The molecule has 2 rings (SSSR count). The van der Waals surface area contributed by atoms with Gasteiger partial charge in [0, 0.05) is 0 Å². The molecule has 0 fully saturated rings. The number of para-hydroxylation sites is 1. The predicted molar refractivity (Wildman–Crippen MR) is 112 cm³/mol. The van der Waals surface area contributed by atoms with Crippen molar-refractivity contribution in [3.05, 3.63) is 59.7 Å². The monoisotopic (exact) mass is 564 g/mol. The van der Waals surface area contributed by atoms with Crippen LogP contribution in [0, 0.1) is 18.5 Å². The van der Waals surface area contributed by atoms with Crippen LogP contribution in [0.5, 0.6) is 5.75 Å². The lowest BCUT2D eigenvalue weighted by Crippen LogP contribution is -2.13. The van der Waals surface area contributed by atoms with E-state index in [2.05, 4.69) is 50.5 Å². The Labute approximate surface area is 172 Å². The molecule has 7 heteroatoms. The largest absolute Gasteiger partial charge is 0.495 e. The minimum absolute atomic E-state index is 0.00770. The average Bonchev–Trinajstić information content (AvgIpc) is 2.54. The molecule has 122 valence electrons. The molecule has 0 heterocycles. The van der Waals surface area contributed by atoms with Gasteiger partial charge < -0.3 is 10.1 Å². The number of carbonyl (C=O) groups is 1. The van der Waals surface area contributed by atoms with Gasteiger partial charge in [0.05, 0.1) is 25.0 Å². The van der Waals surface area contributed by atoms with E-state index in [9.17, 15) is 10.1 Å². The first-order valence-electron chi connectivity index (χ1n) is 6.67. The molecule has 24 heavy (non-hydrogen) atoms. The van der Waals surface area contributed by atoms with Gasteiger partial charge in [0.1, 0.15) is 17.4 Å². The smallest absolute Gasteiger partial charge is 0.266 e. The third-order valence-electron chi connectivity index (χ3n) is 3.02. The van der Waals surface area contributed by atoms with E-state index in [1.165, 1.54) is 6.08 Å². The van der Waals surface area contributed by atoms with Crippen LogP contribution >= 0.6 is 56.8 Å². The number of nitrogens with zero attached hydrogens (tertiary/aromatic N) is 1. The molecule has 0 aliphatic carbocycles. The Hall–Kier alpha value is -1.31. The van der Waals surface area contributed by atoms with Crippen LogP contribution < -0.4 is 10.1 Å². The van der Waals surface area contributed by atoms with Crippen LogP contribution in [0.25, 0.3) is 6.08 Å². The Morgan fingerprint density at radius 1 is 1.29 bits per heavy atom. The summed E-state index contributed by atoms with van der Waals surface area (Å²) in [5, 5.41) is 12.4. The van der Waals surface area contributed by atoms with Gasteiger partial charge in [0.15, 0.2) is 0 Å². The zero-order valence-corrected chi connectivity index (χ0v) is 17.5. The second-order valence-electron chi connectivity index (χ2n) is 4.62. The molecule has 1 amide bonds. The maximum atomic E-state index is 12.3. The maximum absolute atomic E-state index is 12.3. The van der Waals surface area contributed by atoms with Crippen LogP contribution in [0.3, 0.4) is 0 Å². The van der Waals surface area contributed by atoms with E-state index in [-0.39, 0.29) is 5.57 Å². The van der Waals surface area contributed by atoms with Crippen molar-refractivity contribution >= 4 is 74.5 Å². The van der Waals surface area contributed by atoms with Gasteiger partial charge in [-0.3, -0.25) is 4.79 Å². The second kappa shape index (κ2) is 8.69. The first-order valence-corrected chi connectivity index (χ1v) is 9.20. The van der Waals surface area contributed by atoms with Crippen LogP contribution in [-0.4, -0.2) is 13.0 Å². The third-order valence-corrected chi connectivity index (χ3v) is 4.96. The molecule has 0 bridgehead atoms. The number of halogens is 3. The van der Waals surface area contributed by atoms with Crippen LogP contribution in [-0.2, 0) is 4.79 Å². The molecule has 0 saturated heterocycles. The summed E-state index contributed by atoms with van der Waals surface area (Å²) in [6.45, 7) is 0. The van der Waals surface area contributed by atoms with Crippen molar-refractivity contribution < 1.29 is 9.53 Å². The zero-order chi connectivity index (χ0) is 17.7. The summed E-state index contributed by atoms with van der Waals surface area (Å²) in [4.78, 5) is 12.3. The molecule has 0 atom stereocenters. The Kier molecular flexibility index (Phi) is 6.89. The highest BCUT2D eigenvalue weighted by Gasteiger charge is 2.13. The molecule has 4 nitrogen and oxygen atoms in total. The Morgan fingerprint density at radius 3 is 2.46 bits per heavy atom. The molecule has 2 aromatic rings. The number of hydrogen-bond donors (Lipinski definition) is 1. The molecule has 1 N–H and O–H groups in total. The predicted octanol–water partition coefficient (Wildman–Crippen LogP) is 5.10. The number of benzene rings is 2. The standard InChI is InChI=1S/C17H11ClI2N2O2/c1-24-16-13(19)7-10(8-14(16)20)6-11(9-21)17(23)22-15-5-3-2-4-12(15)18/h2-8H,1H3,(H,22,23)/b11-6+. The van der Waals surface area contributed by atoms with Crippen LogP contribution in [0.15, 0.2) is 42.0 Å². The van der Waals surface area contributed by atoms with Gasteiger partial charge in [-0.25, -0.2) is 0 Å². The van der Waals surface area contributed by atoms with Gasteiger partial charge in [-0.15, -0.1) is 0 Å². The number of nitrogens with one attached hydrogen (secondary N) is 1. The minimum atomic E-state index is -0.508. The number of anilines is 1. The fourth-order valence-corrected chi connectivity index (χ4v) is 4.36. The van der Waals surface area contributed by atoms with Crippen LogP contribution in [0.2, 0.25) is 5.02 Å². The molecule has 0 aromatic heterocycles. The number of nitriles is 1. The Balaban J connectivity index is 2.31. The first-order chi connectivity index (χ1) is 11.5. The highest BCUT2D eigenvalue weighted by molar-refractivity contribution is 14.1. The number of ether oxygens (including phenoxy) is 1. The summed E-state index contributed by atoms with van der Waals surface area (Å²) in [5.41, 5.74) is 1.20. The van der Waals surface area contributed by atoms with Crippen molar-refractivity contribution in [3.63, 3.8) is 0 Å². The van der Waals surface area contributed by atoms with E-state index in [0.29, 0.717) is 10.7 Å². The number of rotatable bonds is 4. The molecule has 0 aliphatic heterocycles.